The smallest absolute Gasteiger partial charge is 0.135 e. The van der Waals surface area contributed by atoms with Gasteiger partial charge >= 0.3 is 0 Å². The molecule has 14 heavy (non-hydrogen) atoms. The molecule has 3 nitrogen and oxygen atoms in total. The molecular formula is C11H24N2O. The molecule has 0 radical (unpaired) electrons. The van der Waals surface area contributed by atoms with Gasteiger partial charge in [0.2, 0.25) is 0 Å². The van der Waals surface area contributed by atoms with Crippen LogP contribution in [0.25, 0.3) is 0 Å². The second-order valence-corrected chi connectivity index (χ2v) is 5.45. The molecule has 3 heteroatoms. The van der Waals surface area contributed by atoms with Crippen molar-refractivity contribution in [2.75, 3.05) is 27.2 Å². The molecule has 1 aliphatic rings. The van der Waals surface area contributed by atoms with Crippen LogP contribution in [0.3, 0.4) is 0 Å². The maximum atomic E-state index is 5.56. The lowest BCUT2D eigenvalue weighted by atomic mass is 9.92. The van der Waals surface area contributed by atoms with E-state index < -0.39 is 0 Å². The minimum Gasteiger partial charge on any atom is -0.353 e. The topological polar surface area (TPSA) is 27.8 Å². The van der Waals surface area contributed by atoms with Gasteiger partial charge in [-0.1, -0.05) is 20.8 Å². The lowest BCUT2D eigenvalue weighted by Crippen LogP contribution is -2.28. The highest BCUT2D eigenvalue weighted by atomic mass is 16.6. The molecule has 0 bridgehead atoms. The van der Waals surface area contributed by atoms with E-state index in [0.717, 1.165) is 13.1 Å². The highest BCUT2D eigenvalue weighted by molar-refractivity contribution is 4.91. The van der Waals surface area contributed by atoms with Crippen LogP contribution in [0.4, 0.5) is 0 Å². The molecule has 2 atom stereocenters. The van der Waals surface area contributed by atoms with Crippen LogP contribution in [0.2, 0.25) is 0 Å². The molecule has 84 valence electrons. The van der Waals surface area contributed by atoms with E-state index in [2.05, 4.69) is 45.1 Å². The van der Waals surface area contributed by atoms with E-state index in [-0.39, 0.29) is 5.41 Å². The van der Waals surface area contributed by atoms with Crippen molar-refractivity contribution in [1.29, 1.82) is 0 Å². The van der Waals surface area contributed by atoms with Crippen molar-refractivity contribution in [2.45, 2.75) is 39.5 Å². The average Bonchev–Trinajstić information content (AvgIpc) is 2.75. The van der Waals surface area contributed by atoms with Crippen LogP contribution >= 0.6 is 0 Å². The van der Waals surface area contributed by atoms with Crippen LogP contribution in [-0.4, -0.2) is 44.4 Å². The first-order chi connectivity index (χ1) is 6.41. The molecule has 0 aliphatic carbocycles. The number of hydrogen-bond acceptors (Lipinski definition) is 3. The minimum atomic E-state index is 0.277. The van der Waals surface area contributed by atoms with Gasteiger partial charge in [-0.2, -0.15) is 0 Å². The Morgan fingerprint density at radius 1 is 1.29 bits per heavy atom. The summed E-state index contributed by atoms with van der Waals surface area (Å²) in [7, 11) is 4.21. The van der Waals surface area contributed by atoms with Gasteiger partial charge in [-0.15, -0.1) is 0 Å². The normalized spacial score (nSPS) is 27.0. The van der Waals surface area contributed by atoms with Gasteiger partial charge in [0, 0.05) is 0 Å². The van der Waals surface area contributed by atoms with Crippen molar-refractivity contribution in [1.82, 2.24) is 10.2 Å². The molecule has 1 saturated heterocycles. The summed E-state index contributed by atoms with van der Waals surface area (Å²) in [6, 6.07) is 0. The van der Waals surface area contributed by atoms with Crippen molar-refractivity contribution in [3.63, 3.8) is 0 Å². The van der Waals surface area contributed by atoms with Crippen LogP contribution < -0.4 is 5.32 Å². The first-order valence-corrected chi connectivity index (χ1v) is 5.45. The third-order valence-corrected chi connectivity index (χ3v) is 2.47. The number of rotatable bonds is 5. The second kappa shape index (κ2) is 4.60. The predicted molar refractivity (Wildman–Crippen MR) is 59.3 cm³/mol. The van der Waals surface area contributed by atoms with E-state index in [9.17, 15) is 0 Å². The van der Waals surface area contributed by atoms with E-state index in [1.165, 1.54) is 6.42 Å². The van der Waals surface area contributed by atoms with Crippen LogP contribution in [0, 0.1) is 5.41 Å². The molecule has 1 fully saturated rings. The van der Waals surface area contributed by atoms with E-state index in [1.54, 1.807) is 0 Å². The fourth-order valence-electron chi connectivity index (χ4n) is 1.57. The van der Waals surface area contributed by atoms with Crippen LogP contribution in [0.5, 0.6) is 0 Å². The number of ether oxygens (including phenoxy) is 1. The Morgan fingerprint density at radius 3 is 2.36 bits per heavy atom. The number of nitrogens with zero attached hydrogens (tertiary/aromatic N) is 1. The molecule has 0 aromatic rings. The van der Waals surface area contributed by atoms with Gasteiger partial charge in [0.15, 0.2) is 0 Å². The molecule has 0 spiro atoms. The maximum absolute atomic E-state index is 5.56. The van der Waals surface area contributed by atoms with Crippen LogP contribution in [-0.2, 0) is 4.74 Å². The zero-order valence-corrected chi connectivity index (χ0v) is 10.1. The molecule has 1 heterocycles. The third-order valence-electron chi connectivity index (χ3n) is 2.47. The first kappa shape index (κ1) is 12.0. The highest BCUT2D eigenvalue weighted by Crippen LogP contribution is 2.36. The molecule has 1 N–H and O–H groups in total. The summed E-state index contributed by atoms with van der Waals surface area (Å²) in [6.45, 7) is 8.85. The molecule has 2 unspecified atom stereocenters. The fourth-order valence-corrected chi connectivity index (χ4v) is 1.57. The minimum absolute atomic E-state index is 0.277. The van der Waals surface area contributed by atoms with Gasteiger partial charge in [0.1, 0.15) is 12.3 Å². The summed E-state index contributed by atoms with van der Waals surface area (Å²) in [6.07, 6.45) is 1.89. The summed E-state index contributed by atoms with van der Waals surface area (Å²) >= 11 is 0. The Bertz CT molecular complexity index is 175. The molecule has 1 aliphatic heterocycles. The Hall–Kier alpha value is -0.120. The molecular weight excluding hydrogens is 176 g/mol. The van der Waals surface area contributed by atoms with E-state index >= 15 is 0 Å². The Balaban J connectivity index is 2.01. The average molecular weight is 200 g/mol. The van der Waals surface area contributed by atoms with Crippen molar-refractivity contribution >= 4 is 0 Å². The van der Waals surface area contributed by atoms with Gasteiger partial charge in [0.25, 0.3) is 0 Å². The van der Waals surface area contributed by atoms with Gasteiger partial charge in [-0.05, 0) is 39.0 Å². The maximum Gasteiger partial charge on any atom is 0.135 e. The fraction of sp³-hybridized carbons (Fsp3) is 1.00. The van der Waals surface area contributed by atoms with Crippen LogP contribution in [0.1, 0.15) is 27.2 Å². The predicted octanol–water partition coefficient (Wildman–Crippen LogP) is 1.30. The zero-order chi connectivity index (χ0) is 10.8. The van der Waals surface area contributed by atoms with Crippen molar-refractivity contribution in [3.05, 3.63) is 0 Å². The van der Waals surface area contributed by atoms with E-state index in [0.29, 0.717) is 12.3 Å². The van der Waals surface area contributed by atoms with Gasteiger partial charge < -0.3 is 9.64 Å². The van der Waals surface area contributed by atoms with Gasteiger partial charge in [0.05, 0.1) is 0 Å². The monoisotopic (exact) mass is 200 g/mol. The molecule has 0 amide bonds. The molecule has 0 aromatic carbocycles. The summed E-state index contributed by atoms with van der Waals surface area (Å²) < 4.78 is 5.56. The first-order valence-electron chi connectivity index (χ1n) is 5.45. The quantitative estimate of drug-likeness (QED) is 0.535. The Kier molecular flexibility index (Phi) is 3.93. The lowest BCUT2D eigenvalue weighted by molar-refractivity contribution is 0.257. The third kappa shape index (κ3) is 3.95. The largest absolute Gasteiger partial charge is 0.353 e. The zero-order valence-electron chi connectivity index (χ0n) is 10.1. The van der Waals surface area contributed by atoms with Crippen molar-refractivity contribution in [3.8, 4) is 0 Å². The number of hydrogen-bond donors (Lipinski definition) is 1. The summed E-state index contributed by atoms with van der Waals surface area (Å²) in [5.41, 5.74) is 0.277. The van der Waals surface area contributed by atoms with Crippen LogP contribution in [0.15, 0.2) is 0 Å². The molecule has 1 rings (SSSR count). The van der Waals surface area contributed by atoms with Crippen molar-refractivity contribution in [2.24, 2.45) is 5.41 Å². The Labute approximate surface area is 87.8 Å². The summed E-state index contributed by atoms with van der Waals surface area (Å²) in [5.74, 6) is 0. The van der Waals surface area contributed by atoms with E-state index in [4.69, 9.17) is 4.74 Å². The van der Waals surface area contributed by atoms with E-state index in [1.807, 2.05) is 0 Å². The van der Waals surface area contributed by atoms with Crippen molar-refractivity contribution < 1.29 is 4.74 Å². The summed E-state index contributed by atoms with van der Waals surface area (Å²) in [5, 5.41) is 3.42. The highest BCUT2D eigenvalue weighted by Gasteiger charge is 2.46. The second-order valence-electron chi connectivity index (χ2n) is 5.45. The standard InChI is InChI=1S/C11H24N2O/c1-11(2,3)9-10(14-9)12-7-6-8-13(4)5/h9-10,12H,6-8H2,1-5H3. The lowest BCUT2D eigenvalue weighted by Gasteiger charge is -2.14. The number of epoxide rings is 1. The molecule has 0 aromatic heterocycles. The summed E-state index contributed by atoms with van der Waals surface area (Å²) in [4.78, 5) is 2.21. The molecule has 0 saturated carbocycles. The van der Waals surface area contributed by atoms with Gasteiger partial charge in [-0.25, -0.2) is 0 Å². The van der Waals surface area contributed by atoms with Gasteiger partial charge in [-0.3, -0.25) is 5.32 Å². The Morgan fingerprint density at radius 2 is 1.93 bits per heavy atom. The SMILES string of the molecule is CN(C)CCCNC1OC1C(C)(C)C. The number of nitrogens with one attached hydrogen (secondary N) is 1.